The zero-order valence-corrected chi connectivity index (χ0v) is 19.3. The fourth-order valence-electron chi connectivity index (χ4n) is 3.53. The summed E-state index contributed by atoms with van der Waals surface area (Å²) in [6.07, 6.45) is -1.09. The Morgan fingerprint density at radius 3 is 2.45 bits per heavy atom. The van der Waals surface area contributed by atoms with Crippen LogP contribution >= 0.6 is 0 Å². The normalized spacial score (nSPS) is 15.2. The van der Waals surface area contributed by atoms with Crippen LogP contribution in [0.2, 0.25) is 0 Å². The third-order valence-electron chi connectivity index (χ3n) is 5.30. The summed E-state index contributed by atoms with van der Waals surface area (Å²) >= 11 is 0. The van der Waals surface area contributed by atoms with Gasteiger partial charge in [0.1, 0.15) is 17.2 Å². The fourth-order valence-corrected chi connectivity index (χ4v) is 5.00. The molecule has 0 radical (unpaired) electrons. The molecule has 3 aromatic rings. The Hall–Kier alpha value is -3.72. The van der Waals surface area contributed by atoms with Crippen molar-refractivity contribution in [2.24, 2.45) is 0 Å². The summed E-state index contributed by atoms with van der Waals surface area (Å²) in [7, 11) is -0.923. The quantitative estimate of drug-likeness (QED) is 0.594. The second-order valence-corrected chi connectivity index (χ2v) is 9.34. The van der Waals surface area contributed by atoms with Crippen molar-refractivity contribution < 1.29 is 27.4 Å². The van der Waals surface area contributed by atoms with Gasteiger partial charge in [0.05, 0.1) is 37.0 Å². The number of amides is 1. The first-order chi connectivity index (χ1) is 15.8. The fraction of sp³-hybridized carbons (Fsp3) is 0.208. The molecule has 1 heterocycles. The van der Waals surface area contributed by atoms with Gasteiger partial charge in [-0.1, -0.05) is 29.8 Å². The molecule has 8 nitrogen and oxygen atoms in total. The van der Waals surface area contributed by atoms with Crippen LogP contribution in [0.1, 0.15) is 5.56 Å². The number of fused-ring (bicyclic) bond motifs is 1. The van der Waals surface area contributed by atoms with Crippen LogP contribution in [0.3, 0.4) is 0 Å². The van der Waals surface area contributed by atoms with Crippen LogP contribution in [0.5, 0.6) is 17.2 Å². The molecule has 1 aliphatic rings. The predicted octanol–water partition coefficient (Wildman–Crippen LogP) is 3.61. The smallest absolute Gasteiger partial charge is 0.267 e. The van der Waals surface area contributed by atoms with E-state index in [-0.39, 0.29) is 11.4 Å². The maximum Gasteiger partial charge on any atom is 0.267 e. The molecule has 0 bridgehead atoms. The molecule has 1 amide bonds. The summed E-state index contributed by atoms with van der Waals surface area (Å²) in [5, 5.41) is 2.77. The van der Waals surface area contributed by atoms with Gasteiger partial charge in [0.2, 0.25) is 0 Å². The summed E-state index contributed by atoms with van der Waals surface area (Å²) in [5.74, 6) is 0.756. The van der Waals surface area contributed by atoms with Crippen molar-refractivity contribution in [1.82, 2.24) is 0 Å². The van der Waals surface area contributed by atoms with Gasteiger partial charge in [-0.2, -0.15) is 0 Å². The van der Waals surface area contributed by atoms with Crippen LogP contribution in [0.15, 0.2) is 71.6 Å². The molecule has 0 spiro atoms. The number of aryl methyl sites for hydroxylation is 1. The Bertz CT molecular complexity index is 1270. The third kappa shape index (κ3) is 4.45. The Morgan fingerprint density at radius 2 is 1.76 bits per heavy atom. The highest BCUT2D eigenvalue weighted by Crippen LogP contribution is 2.37. The van der Waals surface area contributed by atoms with Crippen molar-refractivity contribution in [2.45, 2.75) is 17.9 Å². The molecular formula is C24H24N2O6S. The Balaban J connectivity index is 1.67. The van der Waals surface area contributed by atoms with Crippen molar-refractivity contribution in [3.8, 4) is 17.2 Å². The molecule has 1 aliphatic heterocycles. The number of para-hydroxylation sites is 2. The van der Waals surface area contributed by atoms with E-state index in [0.717, 1.165) is 5.56 Å². The molecule has 0 aliphatic carbocycles. The Labute approximate surface area is 192 Å². The summed E-state index contributed by atoms with van der Waals surface area (Å²) in [6, 6.07) is 18.3. The second kappa shape index (κ2) is 9.03. The second-order valence-electron chi connectivity index (χ2n) is 7.48. The van der Waals surface area contributed by atoms with Crippen LogP contribution < -0.4 is 23.8 Å². The molecule has 1 N–H and O–H groups in total. The lowest BCUT2D eigenvalue weighted by Crippen LogP contribution is -2.48. The van der Waals surface area contributed by atoms with Gasteiger partial charge < -0.3 is 19.5 Å². The Kier molecular flexibility index (Phi) is 6.15. The van der Waals surface area contributed by atoms with Crippen LogP contribution in [-0.2, 0) is 14.8 Å². The minimum Gasteiger partial charge on any atom is -0.497 e. The largest absolute Gasteiger partial charge is 0.497 e. The molecule has 0 saturated heterocycles. The van der Waals surface area contributed by atoms with Gasteiger partial charge >= 0.3 is 0 Å². The first kappa shape index (κ1) is 22.5. The lowest BCUT2D eigenvalue weighted by atomic mass is 10.2. The molecule has 9 heteroatoms. The van der Waals surface area contributed by atoms with E-state index in [1.807, 2.05) is 6.92 Å². The number of ether oxygens (including phenoxy) is 3. The van der Waals surface area contributed by atoms with Gasteiger partial charge in [0.15, 0.2) is 6.10 Å². The van der Waals surface area contributed by atoms with Crippen molar-refractivity contribution in [2.75, 3.05) is 30.4 Å². The lowest BCUT2D eigenvalue weighted by molar-refractivity contribution is -0.122. The summed E-state index contributed by atoms with van der Waals surface area (Å²) in [6.45, 7) is 1.69. The van der Waals surface area contributed by atoms with Gasteiger partial charge in [0, 0.05) is 6.07 Å². The average Bonchev–Trinajstić information content (AvgIpc) is 2.83. The van der Waals surface area contributed by atoms with E-state index in [1.54, 1.807) is 66.7 Å². The van der Waals surface area contributed by atoms with Crippen molar-refractivity contribution in [1.29, 1.82) is 0 Å². The van der Waals surface area contributed by atoms with Crippen LogP contribution in [0, 0.1) is 6.92 Å². The minimum absolute atomic E-state index is 0.137. The standard InChI is InChI=1S/C24H24N2O6S/c1-16-8-11-18(12-9-16)33(28,29)26-15-23(32-22-7-5-4-6-20(22)26)24(27)25-19-14-17(30-2)10-13-21(19)31-3/h4-14,23H,15H2,1-3H3,(H,25,27)/t23-/m1/s1. The number of hydrogen-bond acceptors (Lipinski definition) is 6. The zero-order chi connectivity index (χ0) is 23.6. The number of carbonyl (C=O) groups excluding carboxylic acids is 1. The van der Waals surface area contributed by atoms with E-state index in [0.29, 0.717) is 28.6 Å². The van der Waals surface area contributed by atoms with Gasteiger partial charge in [-0.3, -0.25) is 9.10 Å². The molecule has 0 saturated carbocycles. The number of carbonyl (C=O) groups is 1. The van der Waals surface area contributed by atoms with E-state index < -0.39 is 22.0 Å². The van der Waals surface area contributed by atoms with Crippen LogP contribution in [0.25, 0.3) is 0 Å². The highest BCUT2D eigenvalue weighted by molar-refractivity contribution is 7.92. The molecule has 4 rings (SSSR count). The highest BCUT2D eigenvalue weighted by atomic mass is 32.2. The highest BCUT2D eigenvalue weighted by Gasteiger charge is 2.37. The molecule has 33 heavy (non-hydrogen) atoms. The number of nitrogens with zero attached hydrogens (tertiary/aromatic N) is 1. The van der Waals surface area contributed by atoms with E-state index in [4.69, 9.17) is 14.2 Å². The topological polar surface area (TPSA) is 94.2 Å². The SMILES string of the molecule is COc1ccc(OC)c(NC(=O)[C@H]2CN(S(=O)(=O)c3ccc(C)cc3)c3ccccc3O2)c1. The van der Waals surface area contributed by atoms with Gasteiger partial charge in [-0.25, -0.2) is 8.42 Å². The van der Waals surface area contributed by atoms with Gasteiger partial charge in [0.25, 0.3) is 15.9 Å². The predicted molar refractivity (Wildman–Crippen MR) is 125 cm³/mol. The number of sulfonamides is 1. The molecule has 172 valence electrons. The Morgan fingerprint density at radius 1 is 1.03 bits per heavy atom. The molecule has 0 unspecified atom stereocenters. The maximum atomic E-state index is 13.5. The summed E-state index contributed by atoms with van der Waals surface area (Å²) < 4.78 is 44.6. The third-order valence-corrected chi connectivity index (χ3v) is 7.09. The number of methoxy groups -OCH3 is 2. The number of hydrogen-bond donors (Lipinski definition) is 1. The van der Waals surface area contributed by atoms with Gasteiger partial charge in [-0.15, -0.1) is 0 Å². The van der Waals surface area contributed by atoms with Crippen LogP contribution in [0.4, 0.5) is 11.4 Å². The van der Waals surface area contributed by atoms with Crippen LogP contribution in [-0.4, -0.2) is 41.2 Å². The lowest BCUT2D eigenvalue weighted by Gasteiger charge is -2.34. The van der Waals surface area contributed by atoms with E-state index >= 15 is 0 Å². The average molecular weight is 469 g/mol. The monoisotopic (exact) mass is 468 g/mol. The zero-order valence-electron chi connectivity index (χ0n) is 18.4. The molecule has 0 fully saturated rings. The van der Waals surface area contributed by atoms with Crippen molar-refractivity contribution in [3.63, 3.8) is 0 Å². The molecular weight excluding hydrogens is 444 g/mol. The van der Waals surface area contributed by atoms with Crippen molar-refractivity contribution >= 4 is 27.3 Å². The summed E-state index contributed by atoms with van der Waals surface area (Å²) in [5.41, 5.74) is 1.71. The summed E-state index contributed by atoms with van der Waals surface area (Å²) in [4.78, 5) is 13.3. The van der Waals surface area contributed by atoms with E-state index in [1.165, 1.54) is 18.5 Å². The van der Waals surface area contributed by atoms with E-state index in [9.17, 15) is 13.2 Å². The first-order valence-corrected chi connectivity index (χ1v) is 11.7. The molecule has 3 aromatic carbocycles. The number of rotatable bonds is 6. The van der Waals surface area contributed by atoms with E-state index in [2.05, 4.69) is 5.32 Å². The van der Waals surface area contributed by atoms with Gasteiger partial charge in [-0.05, 0) is 43.3 Å². The maximum absolute atomic E-state index is 13.5. The van der Waals surface area contributed by atoms with Crippen molar-refractivity contribution in [3.05, 3.63) is 72.3 Å². The minimum atomic E-state index is -3.93. The number of nitrogens with one attached hydrogen (secondary N) is 1. The number of anilines is 2. The first-order valence-electron chi connectivity index (χ1n) is 10.2. The molecule has 1 atom stereocenters. The number of benzene rings is 3. The molecule has 0 aromatic heterocycles.